The van der Waals surface area contributed by atoms with Crippen LogP contribution in [0.5, 0.6) is 0 Å². The zero-order chi connectivity index (χ0) is 13.2. The molecule has 2 N–H and O–H groups in total. The summed E-state index contributed by atoms with van der Waals surface area (Å²) in [4.78, 5) is 2.63. The molecule has 3 atom stereocenters. The molecule has 19 heavy (non-hydrogen) atoms. The third-order valence-corrected chi connectivity index (χ3v) is 4.61. The Balaban J connectivity index is 1.75. The first-order chi connectivity index (χ1) is 9.25. The topological polar surface area (TPSA) is 35.5 Å². The Morgan fingerprint density at radius 3 is 2.89 bits per heavy atom. The zero-order valence-electron chi connectivity index (χ0n) is 11.7. The highest BCUT2D eigenvalue weighted by Gasteiger charge is 2.35. The Bertz CT molecular complexity index is 433. The number of aliphatic hydroxyl groups is 1. The van der Waals surface area contributed by atoms with Gasteiger partial charge in [0.05, 0.1) is 6.10 Å². The van der Waals surface area contributed by atoms with Gasteiger partial charge in [-0.2, -0.15) is 0 Å². The summed E-state index contributed by atoms with van der Waals surface area (Å²) < 4.78 is 0. The SMILES string of the molecule is CC(O)c1ccccc1NC1CCN2CCCCC12. The predicted octanol–water partition coefficient (Wildman–Crippen LogP) is 2.78. The van der Waals surface area contributed by atoms with Crippen molar-refractivity contribution in [3.63, 3.8) is 0 Å². The van der Waals surface area contributed by atoms with Crippen LogP contribution in [0, 0.1) is 0 Å². The summed E-state index contributed by atoms with van der Waals surface area (Å²) >= 11 is 0. The van der Waals surface area contributed by atoms with Gasteiger partial charge in [-0.05, 0) is 38.8 Å². The zero-order valence-corrected chi connectivity index (χ0v) is 11.7. The summed E-state index contributed by atoms with van der Waals surface area (Å²) in [5, 5.41) is 13.5. The number of piperidine rings is 1. The molecular weight excluding hydrogens is 236 g/mol. The van der Waals surface area contributed by atoms with Crippen molar-refractivity contribution in [2.24, 2.45) is 0 Å². The second-order valence-corrected chi connectivity index (χ2v) is 5.90. The summed E-state index contributed by atoms with van der Waals surface area (Å²) in [6, 6.07) is 9.38. The number of hydrogen-bond acceptors (Lipinski definition) is 3. The van der Waals surface area contributed by atoms with Crippen LogP contribution in [0.4, 0.5) is 5.69 Å². The van der Waals surface area contributed by atoms with Crippen LogP contribution in [0.3, 0.4) is 0 Å². The van der Waals surface area contributed by atoms with E-state index in [-0.39, 0.29) is 0 Å². The van der Waals surface area contributed by atoms with Crippen molar-refractivity contribution >= 4 is 5.69 Å². The van der Waals surface area contributed by atoms with Gasteiger partial charge in [-0.3, -0.25) is 4.90 Å². The van der Waals surface area contributed by atoms with Crippen LogP contribution >= 0.6 is 0 Å². The summed E-state index contributed by atoms with van der Waals surface area (Å²) in [6.45, 7) is 4.32. The average Bonchev–Trinajstić information content (AvgIpc) is 2.83. The molecule has 2 aliphatic heterocycles. The van der Waals surface area contributed by atoms with E-state index in [2.05, 4.69) is 16.3 Å². The van der Waals surface area contributed by atoms with Crippen LogP contribution in [0.25, 0.3) is 0 Å². The molecule has 0 aliphatic carbocycles. The number of rotatable bonds is 3. The van der Waals surface area contributed by atoms with Crippen LogP contribution < -0.4 is 5.32 Å². The number of hydrogen-bond donors (Lipinski definition) is 2. The van der Waals surface area contributed by atoms with E-state index in [4.69, 9.17) is 0 Å². The Kier molecular flexibility index (Phi) is 3.76. The monoisotopic (exact) mass is 260 g/mol. The maximum absolute atomic E-state index is 9.86. The highest BCUT2D eigenvalue weighted by molar-refractivity contribution is 5.53. The van der Waals surface area contributed by atoms with Gasteiger partial charge >= 0.3 is 0 Å². The summed E-state index contributed by atoms with van der Waals surface area (Å²) in [5.41, 5.74) is 2.12. The Hall–Kier alpha value is -1.06. The van der Waals surface area contributed by atoms with Crippen LogP contribution in [0.1, 0.15) is 44.3 Å². The molecule has 104 valence electrons. The van der Waals surface area contributed by atoms with E-state index in [1.807, 2.05) is 25.1 Å². The molecule has 2 saturated heterocycles. The first-order valence-electron chi connectivity index (χ1n) is 7.53. The van der Waals surface area contributed by atoms with E-state index in [9.17, 15) is 5.11 Å². The number of benzene rings is 1. The van der Waals surface area contributed by atoms with Crippen molar-refractivity contribution in [1.82, 2.24) is 4.90 Å². The Labute approximate surface area is 115 Å². The van der Waals surface area contributed by atoms with E-state index in [1.165, 1.54) is 38.8 Å². The molecule has 2 fully saturated rings. The maximum atomic E-state index is 9.86. The minimum Gasteiger partial charge on any atom is -0.389 e. The van der Waals surface area contributed by atoms with E-state index in [1.54, 1.807) is 0 Å². The fourth-order valence-corrected chi connectivity index (χ4v) is 3.61. The van der Waals surface area contributed by atoms with Crippen LogP contribution in [0.2, 0.25) is 0 Å². The molecule has 1 aromatic rings. The van der Waals surface area contributed by atoms with E-state index < -0.39 is 6.10 Å². The lowest BCUT2D eigenvalue weighted by Crippen LogP contribution is -2.41. The molecule has 1 aromatic carbocycles. The molecule has 3 rings (SSSR count). The van der Waals surface area contributed by atoms with Crippen LogP contribution in [-0.2, 0) is 0 Å². The van der Waals surface area contributed by atoms with Crippen molar-refractivity contribution < 1.29 is 5.11 Å². The van der Waals surface area contributed by atoms with Gasteiger partial charge in [0.25, 0.3) is 0 Å². The normalized spacial score (nSPS) is 28.9. The third-order valence-electron chi connectivity index (χ3n) is 4.61. The van der Waals surface area contributed by atoms with Gasteiger partial charge in [0.1, 0.15) is 0 Å². The lowest BCUT2D eigenvalue weighted by atomic mass is 9.98. The fraction of sp³-hybridized carbons (Fsp3) is 0.625. The molecule has 3 unspecified atom stereocenters. The molecule has 0 aromatic heterocycles. The lowest BCUT2D eigenvalue weighted by Gasteiger charge is -2.33. The second kappa shape index (κ2) is 5.51. The minimum absolute atomic E-state index is 0.410. The molecule has 0 saturated carbocycles. The van der Waals surface area contributed by atoms with Crippen molar-refractivity contribution in [3.05, 3.63) is 29.8 Å². The van der Waals surface area contributed by atoms with E-state index in [0.29, 0.717) is 12.1 Å². The minimum atomic E-state index is -0.410. The quantitative estimate of drug-likeness (QED) is 0.877. The smallest absolute Gasteiger partial charge is 0.0781 e. The first kappa shape index (κ1) is 12.9. The van der Waals surface area contributed by atoms with E-state index >= 15 is 0 Å². The fourth-order valence-electron chi connectivity index (χ4n) is 3.61. The maximum Gasteiger partial charge on any atom is 0.0781 e. The number of nitrogens with zero attached hydrogens (tertiary/aromatic N) is 1. The molecule has 3 nitrogen and oxygen atoms in total. The molecule has 3 heteroatoms. The summed E-state index contributed by atoms with van der Waals surface area (Å²) in [5.74, 6) is 0. The molecule has 2 heterocycles. The van der Waals surface area contributed by atoms with Gasteiger partial charge in [0, 0.05) is 29.9 Å². The van der Waals surface area contributed by atoms with Gasteiger partial charge in [-0.15, -0.1) is 0 Å². The molecule has 0 amide bonds. The highest BCUT2D eigenvalue weighted by atomic mass is 16.3. The molecular formula is C16H24N2O. The molecule has 0 bridgehead atoms. The van der Waals surface area contributed by atoms with Crippen LogP contribution in [0.15, 0.2) is 24.3 Å². The lowest BCUT2D eigenvalue weighted by molar-refractivity contribution is 0.191. The number of para-hydroxylation sites is 1. The highest BCUT2D eigenvalue weighted by Crippen LogP contribution is 2.31. The number of aliphatic hydroxyl groups excluding tert-OH is 1. The number of anilines is 1. The largest absolute Gasteiger partial charge is 0.389 e. The predicted molar refractivity (Wildman–Crippen MR) is 78.3 cm³/mol. The van der Waals surface area contributed by atoms with Gasteiger partial charge < -0.3 is 10.4 Å². The first-order valence-corrected chi connectivity index (χ1v) is 7.53. The Morgan fingerprint density at radius 1 is 1.21 bits per heavy atom. The summed E-state index contributed by atoms with van der Waals surface area (Å²) in [6.07, 6.45) is 4.84. The third kappa shape index (κ3) is 2.63. The average molecular weight is 260 g/mol. The molecule has 0 spiro atoms. The van der Waals surface area contributed by atoms with Gasteiger partial charge in [-0.25, -0.2) is 0 Å². The van der Waals surface area contributed by atoms with Crippen LogP contribution in [-0.4, -0.2) is 35.2 Å². The Morgan fingerprint density at radius 2 is 2.05 bits per heavy atom. The van der Waals surface area contributed by atoms with E-state index in [0.717, 1.165) is 11.3 Å². The molecule has 2 aliphatic rings. The number of nitrogens with one attached hydrogen (secondary N) is 1. The van der Waals surface area contributed by atoms with Crippen molar-refractivity contribution in [2.75, 3.05) is 18.4 Å². The second-order valence-electron chi connectivity index (χ2n) is 5.90. The van der Waals surface area contributed by atoms with Gasteiger partial charge in [-0.1, -0.05) is 24.6 Å². The summed E-state index contributed by atoms with van der Waals surface area (Å²) in [7, 11) is 0. The van der Waals surface area contributed by atoms with Crippen molar-refractivity contribution in [1.29, 1.82) is 0 Å². The molecule has 0 radical (unpaired) electrons. The van der Waals surface area contributed by atoms with Gasteiger partial charge in [0.15, 0.2) is 0 Å². The van der Waals surface area contributed by atoms with Gasteiger partial charge in [0.2, 0.25) is 0 Å². The standard InChI is InChI=1S/C16H24N2O/c1-12(19)13-6-2-3-7-14(13)17-15-9-11-18-10-5-4-8-16(15)18/h2-3,6-7,12,15-17,19H,4-5,8-11H2,1H3. The number of fused-ring (bicyclic) bond motifs is 1. The van der Waals surface area contributed by atoms with Crippen molar-refractivity contribution in [2.45, 2.75) is 50.8 Å². The van der Waals surface area contributed by atoms with Crippen molar-refractivity contribution in [3.8, 4) is 0 Å².